The molecule has 1 aliphatic heterocycles. The minimum absolute atomic E-state index is 0.166. The molecule has 110 valence electrons. The van der Waals surface area contributed by atoms with Crippen LogP contribution in [0.25, 0.3) is 0 Å². The van der Waals surface area contributed by atoms with Crippen LogP contribution in [0.15, 0.2) is 18.2 Å². The van der Waals surface area contributed by atoms with E-state index in [0.29, 0.717) is 18.0 Å². The van der Waals surface area contributed by atoms with Crippen LogP contribution in [-0.2, 0) is 12.8 Å². The fourth-order valence-electron chi connectivity index (χ4n) is 4.53. The van der Waals surface area contributed by atoms with E-state index in [9.17, 15) is 5.26 Å². The van der Waals surface area contributed by atoms with Crippen LogP contribution >= 0.6 is 0 Å². The smallest absolute Gasteiger partial charge is 0.0672 e. The molecule has 4 atom stereocenters. The van der Waals surface area contributed by atoms with Crippen LogP contribution in [0, 0.1) is 23.2 Å². The number of nitrogens with one attached hydrogen (secondary N) is 2. The molecule has 1 heterocycles. The van der Waals surface area contributed by atoms with Crippen molar-refractivity contribution in [3.05, 3.63) is 34.9 Å². The van der Waals surface area contributed by atoms with Gasteiger partial charge in [0.2, 0.25) is 0 Å². The molecule has 3 heteroatoms. The largest absolute Gasteiger partial charge is 0.253 e. The molecule has 4 unspecified atom stereocenters. The second kappa shape index (κ2) is 5.44. The summed E-state index contributed by atoms with van der Waals surface area (Å²) in [5, 5.41) is 9.34. The Labute approximate surface area is 126 Å². The fraction of sp³-hybridized carbons (Fsp3) is 0.611. The van der Waals surface area contributed by atoms with Gasteiger partial charge in [0, 0.05) is 6.04 Å². The first kappa shape index (κ1) is 13.3. The summed E-state index contributed by atoms with van der Waals surface area (Å²) in [5.74, 6) is 0.726. The summed E-state index contributed by atoms with van der Waals surface area (Å²) in [7, 11) is 0. The van der Waals surface area contributed by atoms with Crippen LogP contribution in [-0.4, -0.2) is 6.04 Å². The highest BCUT2D eigenvalue weighted by Crippen LogP contribution is 2.41. The third-order valence-corrected chi connectivity index (χ3v) is 5.68. The predicted molar refractivity (Wildman–Crippen MR) is 82.3 cm³/mol. The summed E-state index contributed by atoms with van der Waals surface area (Å²) < 4.78 is 0. The normalized spacial score (nSPS) is 34.8. The van der Waals surface area contributed by atoms with Crippen LogP contribution in [0.1, 0.15) is 54.8 Å². The van der Waals surface area contributed by atoms with E-state index in [1.165, 1.54) is 44.1 Å². The second-order valence-corrected chi connectivity index (χ2v) is 6.86. The minimum atomic E-state index is 0.166. The summed E-state index contributed by atoms with van der Waals surface area (Å²) in [4.78, 5) is 0. The van der Waals surface area contributed by atoms with Gasteiger partial charge in [0.15, 0.2) is 0 Å². The van der Waals surface area contributed by atoms with E-state index < -0.39 is 0 Å². The second-order valence-electron chi connectivity index (χ2n) is 6.86. The van der Waals surface area contributed by atoms with Crippen molar-refractivity contribution >= 4 is 0 Å². The topological polar surface area (TPSA) is 47.9 Å². The maximum Gasteiger partial charge on any atom is 0.0672 e. The first-order chi connectivity index (χ1) is 10.4. The lowest BCUT2D eigenvalue weighted by Crippen LogP contribution is -2.39. The van der Waals surface area contributed by atoms with Gasteiger partial charge in [0.25, 0.3) is 0 Å². The Hall–Kier alpha value is -1.37. The SMILES string of the molecule is N#CC1CCCC2C(c3ccc4c(c3)CCCC4)NNC12. The Morgan fingerprint density at radius 1 is 1.00 bits per heavy atom. The van der Waals surface area contributed by atoms with Gasteiger partial charge in [0.1, 0.15) is 0 Å². The minimum Gasteiger partial charge on any atom is -0.253 e. The number of fused-ring (bicyclic) bond motifs is 2. The summed E-state index contributed by atoms with van der Waals surface area (Å²) >= 11 is 0. The Balaban J connectivity index is 1.61. The summed E-state index contributed by atoms with van der Waals surface area (Å²) in [6, 6.07) is 10.3. The predicted octanol–water partition coefficient (Wildman–Crippen LogP) is 3.02. The van der Waals surface area contributed by atoms with Crippen molar-refractivity contribution in [3.8, 4) is 6.07 Å². The van der Waals surface area contributed by atoms with E-state index in [4.69, 9.17) is 0 Å². The van der Waals surface area contributed by atoms with Crippen molar-refractivity contribution in [1.82, 2.24) is 10.9 Å². The average Bonchev–Trinajstić information content (AvgIpc) is 2.98. The monoisotopic (exact) mass is 281 g/mol. The van der Waals surface area contributed by atoms with Gasteiger partial charge in [-0.1, -0.05) is 24.6 Å². The molecule has 2 N–H and O–H groups in total. The van der Waals surface area contributed by atoms with Crippen molar-refractivity contribution in [2.24, 2.45) is 11.8 Å². The Bertz CT molecular complexity index is 574. The molecular formula is C18H23N3. The van der Waals surface area contributed by atoms with Gasteiger partial charge in [-0.05, 0) is 61.1 Å². The third-order valence-electron chi connectivity index (χ3n) is 5.68. The molecule has 0 radical (unpaired) electrons. The molecule has 1 saturated carbocycles. The van der Waals surface area contributed by atoms with Gasteiger partial charge >= 0.3 is 0 Å². The van der Waals surface area contributed by atoms with Crippen molar-refractivity contribution in [3.63, 3.8) is 0 Å². The Morgan fingerprint density at radius 3 is 2.71 bits per heavy atom. The van der Waals surface area contributed by atoms with Crippen LogP contribution in [0.2, 0.25) is 0 Å². The number of hydrogen-bond acceptors (Lipinski definition) is 3. The van der Waals surface area contributed by atoms with Crippen molar-refractivity contribution < 1.29 is 0 Å². The van der Waals surface area contributed by atoms with Crippen LogP contribution < -0.4 is 10.9 Å². The lowest BCUT2D eigenvalue weighted by molar-refractivity contribution is 0.260. The van der Waals surface area contributed by atoms with Crippen LogP contribution in [0.4, 0.5) is 0 Å². The third kappa shape index (κ3) is 2.27. The van der Waals surface area contributed by atoms with E-state index in [0.717, 1.165) is 6.42 Å². The van der Waals surface area contributed by atoms with Gasteiger partial charge in [-0.2, -0.15) is 5.26 Å². The van der Waals surface area contributed by atoms with Gasteiger partial charge in [-0.15, -0.1) is 0 Å². The quantitative estimate of drug-likeness (QED) is 0.832. The molecule has 2 fully saturated rings. The highest BCUT2D eigenvalue weighted by molar-refractivity contribution is 5.36. The molecule has 0 spiro atoms. The number of hydrazine groups is 1. The molecule has 4 rings (SSSR count). The molecule has 2 aliphatic carbocycles. The van der Waals surface area contributed by atoms with E-state index in [2.05, 4.69) is 35.1 Å². The van der Waals surface area contributed by atoms with Crippen LogP contribution in [0.3, 0.4) is 0 Å². The van der Waals surface area contributed by atoms with E-state index in [-0.39, 0.29) is 5.92 Å². The first-order valence-corrected chi connectivity index (χ1v) is 8.39. The van der Waals surface area contributed by atoms with E-state index in [1.54, 1.807) is 11.1 Å². The molecule has 0 bridgehead atoms. The molecule has 0 aromatic heterocycles. The highest BCUT2D eigenvalue weighted by atomic mass is 15.4. The van der Waals surface area contributed by atoms with Gasteiger partial charge in [-0.25, -0.2) is 5.43 Å². The molecule has 3 aliphatic rings. The first-order valence-electron chi connectivity index (χ1n) is 8.39. The van der Waals surface area contributed by atoms with Crippen LogP contribution in [0.5, 0.6) is 0 Å². The number of nitriles is 1. The zero-order chi connectivity index (χ0) is 14.2. The number of aryl methyl sites for hydroxylation is 2. The highest BCUT2D eigenvalue weighted by Gasteiger charge is 2.43. The van der Waals surface area contributed by atoms with Gasteiger partial charge < -0.3 is 0 Å². The van der Waals surface area contributed by atoms with Gasteiger partial charge in [-0.3, -0.25) is 5.43 Å². The summed E-state index contributed by atoms with van der Waals surface area (Å²) in [6.45, 7) is 0. The maximum atomic E-state index is 9.34. The number of hydrogen-bond donors (Lipinski definition) is 2. The average molecular weight is 281 g/mol. The molecule has 21 heavy (non-hydrogen) atoms. The zero-order valence-corrected chi connectivity index (χ0v) is 12.4. The number of rotatable bonds is 1. The molecule has 0 amide bonds. The molecule has 1 saturated heterocycles. The summed E-state index contributed by atoms with van der Waals surface area (Å²) in [5.41, 5.74) is 11.4. The molecule has 3 nitrogen and oxygen atoms in total. The van der Waals surface area contributed by atoms with E-state index >= 15 is 0 Å². The standard InChI is InChI=1S/C18H23N3/c19-11-15-6-3-7-16-17(20-21-18(15)16)14-9-8-12-4-1-2-5-13(12)10-14/h8-10,15-18,20-21H,1-7H2. The van der Waals surface area contributed by atoms with E-state index in [1.807, 2.05) is 0 Å². The molecule has 1 aromatic rings. The maximum absolute atomic E-state index is 9.34. The molecule has 1 aromatic carbocycles. The van der Waals surface area contributed by atoms with Crippen molar-refractivity contribution in [1.29, 1.82) is 5.26 Å². The number of benzene rings is 1. The fourth-order valence-corrected chi connectivity index (χ4v) is 4.53. The van der Waals surface area contributed by atoms with Gasteiger partial charge in [0.05, 0.1) is 18.0 Å². The Kier molecular flexibility index (Phi) is 3.45. The van der Waals surface area contributed by atoms with Crippen molar-refractivity contribution in [2.45, 2.75) is 57.0 Å². The Morgan fingerprint density at radius 2 is 1.86 bits per heavy atom. The summed E-state index contributed by atoms with van der Waals surface area (Å²) in [6.07, 6.45) is 8.60. The lowest BCUT2D eigenvalue weighted by Gasteiger charge is -2.31. The van der Waals surface area contributed by atoms with Crippen molar-refractivity contribution in [2.75, 3.05) is 0 Å². The molecular weight excluding hydrogens is 258 g/mol. The number of nitrogens with zero attached hydrogens (tertiary/aromatic N) is 1. The zero-order valence-electron chi connectivity index (χ0n) is 12.4. The lowest BCUT2D eigenvalue weighted by atomic mass is 9.74.